The molecule has 0 fully saturated rings. The summed E-state index contributed by atoms with van der Waals surface area (Å²) in [7, 11) is 0. The molecule has 0 amide bonds. The highest BCUT2D eigenvalue weighted by molar-refractivity contribution is 5.17. The largest absolute Gasteiger partial charge is 0.435 e. The molecular formula is C11H11F3N4. The van der Waals surface area contributed by atoms with Crippen LogP contribution in [0.25, 0.3) is 0 Å². The van der Waals surface area contributed by atoms with Crippen molar-refractivity contribution in [2.45, 2.75) is 12.2 Å². The highest BCUT2D eigenvalue weighted by Crippen LogP contribution is 2.28. The fourth-order valence-electron chi connectivity index (χ4n) is 1.65. The van der Waals surface area contributed by atoms with E-state index in [-0.39, 0.29) is 6.54 Å². The van der Waals surface area contributed by atoms with Gasteiger partial charge in [-0.3, -0.25) is 9.67 Å². The minimum Gasteiger partial charge on any atom is -0.328 e. The first-order valence-corrected chi connectivity index (χ1v) is 5.24. The second-order valence-electron chi connectivity index (χ2n) is 3.71. The summed E-state index contributed by atoms with van der Waals surface area (Å²) in [5.74, 6) is 0. The first-order valence-electron chi connectivity index (χ1n) is 5.24. The zero-order valence-electron chi connectivity index (χ0n) is 9.30. The van der Waals surface area contributed by atoms with E-state index in [9.17, 15) is 13.2 Å². The smallest absolute Gasteiger partial charge is 0.328 e. The Bertz CT molecular complexity index is 507. The lowest BCUT2D eigenvalue weighted by Crippen LogP contribution is -2.21. The molecule has 0 aliphatic rings. The van der Waals surface area contributed by atoms with Crippen LogP contribution in [0.1, 0.15) is 17.3 Å². The molecule has 0 aromatic carbocycles. The van der Waals surface area contributed by atoms with Gasteiger partial charge in [-0.05, 0) is 23.8 Å². The van der Waals surface area contributed by atoms with Gasteiger partial charge in [-0.2, -0.15) is 18.3 Å². The van der Waals surface area contributed by atoms with Gasteiger partial charge in [0.25, 0.3) is 0 Å². The van der Waals surface area contributed by atoms with Gasteiger partial charge in [0.2, 0.25) is 0 Å². The Morgan fingerprint density at radius 2 is 1.89 bits per heavy atom. The van der Waals surface area contributed by atoms with E-state index in [1.54, 1.807) is 24.5 Å². The van der Waals surface area contributed by atoms with E-state index in [1.165, 1.54) is 10.9 Å². The molecule has 2 aromatic heterocycles. The number of pyridine rings is 1. The summed E-state index contributed by atoms with van der Waals surface area (Å²) in [6.45, 7) is 0.156. The fraction of sp³-hybridized carbons (Fsp3) is 0.273. The minimum absolute atomic E-state index is 0.156. The summed E-state index contributed by atoms with van der Waals surface area (Å²) < 4.78 is 38.6. The molecule has 96 valence electrons. The van der Waals surface area contributed by atoms with Crippen LogP contribution in [0.2, 0.25) is 0 Å². The molecule has 0 aliphatic heterocycles. The molecule has 0 saturated carbocycles. The first-order chi connectivity index (χ1) is 8.52. The molecule has 1 atom stereocenters. The number of rotatable bonds is 3. The van der Waals surface area contributed by atoms with Crippen LogP contribution >= 0.6 is 0 Å². The summed E-state index contributed by atoms with van der Waals surface area (Å²) in [5.41, 5.74) is 5.44. The molecule has 4 nitrogen and oxygen atoms in total. The van der Waals surface area contributed by atoms with Gasteiger partial charge < -0.3 is 5.73 Å². The first kappa shape index (κ1) is 12.6. The monoisotopic (exact) mass is 256 g/mol. The molecule has 0 spiro atoms. The number of nitrogens with zero attached hydrogens (tertiary/aromatic N) is 3. The molecule has 0 aliphatic carbocycles. The third-order valence-electron chi connectivity index (χ3n) is 2.53. The van der Waals surface area contributed by atoms with Crippen LogP contribution in [0.3, 0.4) is 0 Å². The van der Waals surface area contributed by atoms with Crippen LogP contribution in [0.15, 0.2) is 36.8 Å². The quantitative estimate of drug-likeness (QED) is 0.911. The third-order valence-corrected chi connectivity index (χ3v) is 2.53. The Kier molecular flexibility index (Phi) is 3.33. The van der Waals surface area contributed by atoms with Crippen molar-refractivity contribution in [3.8, 4) is 0 Å². The Balaban J connectivity index is 2.32. The average molecular weight is 256 g/mol. The number of hydrogen-bond acceptors (Lipinski definition) is 3. The maximum Gasteiger partial charge on any atom is 0.435 e. The Morgan fingerprint density at radius 1 is 1.22 bits per heavy atom. The number of aromatic nitrogens is 3. The van der Waals surface area contributed by atoms with E-state index < -0.39 is 17.9 Å². The molecule has 18 heavy (non-hydrogen) atoms. The van der Waals surface area contributed by atoms with E-state index in [0.29, 0.717) is 0 Å². The SMILES string of the molecule is NCC(c1ccncc1)n1ccc(C(F)(F)F)n1. The van der Waals surface area contributed by atoms with Crippen LogP contribution in [0.5, 0.6) is 0 Å². The molecule has 7 heteroatoms. The standard InChI is InChI=1S/C11H11F3N4/c12-11(13,14)10-3-6-18(17-10)9(7-15)8-1-4-16-5-2-8/h1-6,9H,7,15H2. The molecule has 2 N–H and O–H groups in total. The Morgan fingerprint density at radius 3 is 2.39 bits per heavy atom. The number of alkyl halides is 3. The minimum atomic E-state index is -4.44. The van der Waals surface area contributed by atoms with Crippen LogP contribution in [0, 0.1) is 0 Å². The van der Waals surface area contributed by atoms with Gasteiger partial charge in [-0.15, -0.1) is 0 Å². The second kappa shape index (κ2) is 4.77. The molecule has 2 heterocycles. The normalized spacial score (nSPS) is 13.6. The van der Waals surface area contributed by atoms with Gasteiger partial charge in [-0.1, -0.05) is 0 Å². The van der Waals surface area contributed by atoms with Gasteiger partial charge in [0, 0.05) is 25.1 Å². The highest BCUT2D eigenvalue weighted by Gasteiger charge is 2.34. The number of halogens is 3. The molecule has 0 bridgehead atoms. The predicted octanol–water partition coefficient (Wildman–Crippen LogP) is 1.85. The van der Waals surface area contributed by atoms with Gasteiger partial charge in [-0.25, -0.2) is 0 Å². The van der Waals surface area contributed by atoms with E-state index in [4.69, 9.17) is 5.73 Å². The van der Waals surface area contributed by atoms with Crippen molar-refractivity contribution in [3.05, 3.63) is 48.0 Å². The molecule has 0 saturated heterocycles. The number of hydrogen-bond donors (Lipinski definition) is 1. The van der Waals surface area contributed by atoms with Crippen LogP contribution in [-0.4, -0.2) is 21.3 Å². The molecule has 1 unspecified atom stereocenters. The van der Waals surface area contributed by atoms with Crippen molar-refractivity contribution in [2.75, 3.05) is 6.54 Å². The second-order valence-corrected chi connectivity index (χ2v) is 3.71. The van der Waals surface area contributed by atoms with Gasteiger partial charge >= 0.3 is 6.18 Å². The maximum atomic E-state index is 12.5. The van der Waals surface area contributed by atoms with Gasteiger partial charge in [0.05, 0.1) is 6.04 Å². The van der Waals surface area contributed by atoms with Gasteiger partial charge in [0.15, 0.2) is 5.69 Å². The van der Waals surface area contributed by atoms with Crippen molar-refractivity contribution in [1.29, 1.82) is 0 Å². The summed E-state index contributed by atoms with van der Waals surface area (Å²) in [5, 5.41) is 3.52. The molecule has 2 rings (SSSR count). The third kappa shape index (κ3) is 2.51. The van der Waals surface area contributed by atoms with Crippen LogP contribution in [-0.2, 0) is 6.18 Å². The molecular weight excluding hydrogens is 245 g/mol. The fourth-order valence-corrected chi connectivity index (χ4v) is 1.65. The van der Waals surface area contributed by atoms with E-state index >= 15 is 0 Å². The zero-order chi connectivity index (χ0) is 13.2. The molecule has 2 aromatic rings. The lowest BCUT2D eigenvalue weighted by molar-refractivity contribution is -0.141. The van der Waals surface area contributed by atoms with Crippen LogP contribution < -0.4 is 5.73 Å². The van der Waals surface area contributed by atoms with E-state index in [2.05, 4.69) is 10.1 Å². The van der Waals surface area contributed by atoms with Crippen molar-refractivity contribution < 1.29 is 13.2 Å². The van der Waals surface area contributed by atoms with Crippen molar-refractivity contribution in [3.63, 3.8) is 0 Å². The molecule has 0 radical (unpaired) electrons. The lowest BCUT2D eigenvalue weighted by Gasteiger charge is -2.15. The Labute approximate surface area is 101 Å². The maximum absolute atomic E-state index is 12.5. The van der Waals surface area contributed by atoms with Crippen LogP contribution in [0.4, 0.5) is 13.2 Å². The van der Waals surface area contributed by atoms with Crippen molar-refractivity contribution >= 4 is 0 Å². The zero-order valence-corrected chi connectivity index (χ0v) is 9.30. The summed E-state index contributed by atoms with van der Waals surface area (Å²) in [6.07, 6.45) is -0.0399. The number of nitrogens with two attached hydrogens (primary N) is 1. The van der Waals surface area contributed by atoms with Gasteiger partial charge in [0.1, 0.15) is 0 Å². The summed E-state index contributed by atoms with van der Waals surface area (Å²) >= 11 is 0. The topological polar surface area (TPSA) is 56.7 Å². The van der Waals surface area contributed by atoms with E-state index in [0.717, 1.165) is 11.6 Å². The summed E-state index contributed by atoms with van der Waals surface area (Å²) in [4.78, 5) is 3.85. The van der Waals surface area contributed by atoms with Crippen molar-refractivity contribution in [2.24, 2.45) is 5.73 Å². The summed E-state index contributed by atoms with van der Waals surface area (Å²) in [6, 6.07) is 3.91. The Hall–Kier alpha value is -1.89. The van der Waals surface area contributed by atoms with E-state index in [1.807, 2.05) is 0 Å². The predicted molar refractivity (Wildman–Crippen MR) is 58.7 cm³/mol. The van der Waals surface area contributed by atoms with Crippen molar-refractivity contribution in [1.82, 2.24) is 14.8 Å². The average Bonchev–Trinajstić information content (AvgIpc) is 2.81. The lowest BCUT2D eigenvalue weighted by atomic mass is 10.1. The highest BCUT2D eigenvalue weighted by atomic mass is 19.4.